The molecule has 0 fully saturated rings. The van der Waals surface area contributed by atoms with Gasteiger partial charge in [0.05, 0.1) is 0 Å². The molecule has 0 amide bonds. The van der Waals surface area contributed by atoms with E-state index in [0.717, 1.165) is 26.0 Å². The average Bonchev–Trinajstić information content (AvgIpc) is 2.68. The number of anilines is 2. The molecule has 6 N–H and O–H groups in total. The summed E-state index contributed by atoms with van der Waals surface area (Å²) in [5.41, 5.74) is -7.79. The number of nitrogen functional groups attached to an aromatic ring is 2. The summed E-state index contributed by atoms with van der Waals surface area (Å²) in [6.07, 6.45) is -26.1. The Kier molecular flexibility index (Phi) is 7.26. The first kappa shape index (κ1) is 30.3. The van der Waals surface area contributed by atoms with Crippen molar-refractivity contribution in [3.63, 3.8) is 0 Å². The monoisotopic (exact) mass is 558 g/mol. The van der Waals surface area contributed by atoms with Gasteiger partial charge < -0.3 is 21.7 Å². The van der Waals surface area contributed by atoms with E-state index in [1.807, 2.05) is 0 Å². The van der Waals surface area contributed by atoms with Gasteiger partial charge in [-0.05, 0) is 54.7 Å². The fraction of sp³-hybridized carbons (Fsp3) is 0.429. The van der Waals surface area contributed by atoms with E-state index in [2.05, 4.69) is 0 Å². The van der Waals surface area contributed by atoms with Gasteiger partial charge in [-0.1, -0.05) is 12.1 Å². The first-order valence-corrected chi connectivity index (χ1v) is 9.81. The Morgan fingerprint density at radius 2 is 0.784 bits per heavy atom. The van der Waals surface area contributed by atoms with Gasteiger partial charge in [0.1, 0.15) is 0 Å². The first-order valence-electron chi connectivity index (χ1n) is 9.81. The van der Waals surface area contributed by atoms with Gasteiger partial charge in [-0.25, -0.2) is 0 Å². The van der Waals surface area contributed by atoms with Crippen molar-refractivity contribution >= 4 is 11.4 Å². The number of hydrogen-bond acceptors (Lipinski definition) is 4. The van der Waals surface area contributed by atoms with Crippen molar-refractivity contribution in [3.05, 3.63) is 57.6 Å². The molecule has 0 unspecified atom stereocenters. The van der Waals surface area contributed by atoms with E-state index in [4.69, 9.17) is 11.5 Å². The molecule has 0 aliphatic carbocycles. The van der Waals surface area contributed by atoms with E-state index in [0.29, 0.717) is 0 Å². The summed E-state index contributed by atoms with van der Waals surface area (Å²) in [4.78, 5) is 0. The Hall–Kier alpha value is -2.88. The van der Waals surface area contributed by atoms with E-state index in [1.54, 1.807) is 0 Å². The smallest absolute Gasteiger partial charge is 0.398 e. The van der Waals surface area contributed by atoms with Crippen molar-refractivity contribution in [3.8, 4) is 0 Å². The van der Waals surface area contributed by atoms with Gasteiger partial charge in [-0.2, -0.15) is 52.7 Å². The lowest BCUT2D eigenvalue weighted by Gasteiger charge is -2.34. The molecule has 2 rings (SSSR count). The molecular formula is C21H18F12N2O2. The van der Waals surface area contributed by atoms with Crippen LogP contribution >= 0.6 is 0 Å². The number of benzene rings is 2. The second kappa shape index (κ2) is 8.85. The lowest BCUT2D eigenvalue weighted by atomic mass is 9.85. The molecule has 37 heavy (non-hydrogen) atoms. The maximum Gasteiger partial charge on any atom is 0.430 e. The van der Waals surface area contributed by atoms with Crippen LogP contribution in [0, 0.1) is 13.8 Å². The van der Waals surface area contributed by atoms with Gasteiger partial charge in [0.15, 0.2) is 0 Å². The van der Waals surface area contributed by atoms with Gasteiger partial charge in [-0.15, -0.1) is 0 Å². The molecule has 2 aromatic carbocycles. The molecule has 4 nitrogen and oxygen atoms in total. The van der Waals surface area contributed by atoms with Crippen molar-refractivity contribution < 1.29 is 62.9 Å². The minimum absolute atomic E-state index is 0.189. The molecule has 0 saturated carbocycles. The lowest BCUT2D eigenvalue weighted by molar-refractivity contribution is -0.376. The Bertz CT molecular complexity index is 1060. The number of hydrogen-bond donors (Lipinski definition) is 4. The quantitative estimate of drug-likeness (QED) is 0.287. The van der Waals surface area contributed by atoms with Crippen LogP contribution in [0.3, 0.4) is 0 Å². The molecule has 0 radical (unpaired) electrons. The molecular weight excluding hydrogens is 540 g/mol. The Morgan fingerprint density at radius 3 is 1.00 bits per heavy atom. The average molecular weight is 558 g/mol. The predicted molar refractivity (Wildman–Crippen MR) is 106 cm³/mol. The van der Waals surface area contributed by atoms with Crippen molar-refractivity contribution in [2.75, 3.05) is 11.5 Å². The van der Waals surface area contributed by atoms with Gasteiger partial charge >= 0.3 is 24.7 Å². The van der Waals surface area contributed by atoms with E-state index in [1.165, 1.54) is 0 Å². The topological polar surface area (TPSA) is 92.5 Å². The summed E-state index contributed by atoms with van der Waals surface area (Å²) in [7, 11) is 0. The summed E-state index contributed by atoms with van der Waals surface area (Å²) in [5.74, 6) is 0. The van der Waals surface area contributed by atoms with E-state index in [9.17, 15) is 62.9 Å². The molecule has 0 saturated heterocycles. The van der Waals surface area contributed by atoms with Gasteiger partial charge in [0, 0.05) is 22.5 Å². The van der Waals surface area contributed by atoms with Crippen LogP contribution in [0.1, 0.15) is 33.4 Å². The summed E-state index contributed by atoms with van der Waals surface area (Å²) in [5, 5.41) is 19.5. The maximum absolute atomic E-state index is 13.4. The van der Waals surface area contributed by atoms with Gasteiger partial charge in [0.2, 0.25) is 0 Å². The zero-order chi connectivity index (χ0) is 29.2. The van der Waals surface area contributed by atoms with E-state index in [-0.39, 0.29) is 12.1 Å². The third-order valence-electron chi connectivity index (χ3n) is 5.72. The summed E-state index contributed by atoms with van der Waals surface area (Å²) < 4.78 is 161. The molecule has 0 aromatic heterocycles. The molecule has 0 aliphatic rings. The van der Waals surface area contributed by atoms with E-state index >= 15 is 0 Å². The van der Waals surface area contributed by atoms with Crippen LogP contribution in [-0.2, 0) is 17.6 Å². The van der Waals surface area contributed by atoms with Crippen molar-refractivity contribution in [2.24, 2.45) is 0 Å². The van der Waals surface area contributed by atoms with Crippen LogP contribution < -0.4 is 11.5 Å². The zero-order valence-electron chi connectivity index (χ0n) is 18.6. The van der Waals surface area contributed by atoms with E-state index < -0.39 is 87.1 Å². The van der Waals surface area contributed by atoms with Crippen LogP contribution in [0.15, 0.2) is 24.3 Å². The second-order valence-electron chi connectivity index (χ2n) is 8.34. The summed E-state index contributed by atoms with van der Waals surface area (Å²) >= 11 is 0. The zero-order valence-corrected chi connectivity index (χ0v) is 18.6. The number of rotatable bonds is 4. The molecule has 0 spiro atoms. The van der Waals surface area contributed by atoms with Crippen molar-refractivity contribution in [1.29, 1.82) is 0 Å². The first-order chi connectivity index (χ1) is 16.3. The standard InChI is InChI=1S/C21H18F12N2O2/c1-8-3-10(6-12(14(8)34)16(36,18(22,23)24)19(25,26)27)5-11-4-9(2)15(35)13(7-11)17(37,20(28,29)30)21(31,32)33/h3-4,6-7,36-37H,5,34-35H2,1-2H3. The highest BCUT2D eigenvalue weighted by Gasteiger charge is 2.73. The SMILES string of the molecule is Cc1cc(Cc2cc(C)c(N)c(C(O)(C(F)(F)F)C(F)(F)F)c2)cc(C(O)(C(F)(F)F)C(F)(F)F)c1N. The van der Waals surface area contributed by atoms with Crippen LogP contribution in [-0.4, -0.2) is 34.9 Å². The highest BCUT2D eigenvalue weighted by molar-refractivity contribution is 5.61. The number of nitrogens with two attached hydrogens (primary N) is 2. The number of aryl methyl sites for hydroxylation is 2. The molecule has 2 aromatic rings. The normalized spacial score (nSPS) is 14.3. The summed E-state index contributed by atoms with van der Waals surface area (Å²) in [6, 6.07) is 2.23. The van der Waals surface area contributed by atoms with Crippen molar-refractivity contribution in [1.82, 2.24) is 0 Å². The lowest BCUT2D eigenvalue weighted by Crippen LogP contribution is -2.54. The van der Waals surface area contributed by atoms with Crippen molar-refractivity contribution in [2.45, 2.75) is 56.2 Å². The predicted octanol–water partition coefficient (Wildman–Crippen LogP) is 5.68. The van der Waals surface area contributed by atoms with Crippen LogP contribution in [0.2, 0.25) is 0 Å². The fourth-order valence-corrected chi connectivity index (χ4v) is 3.72. The highest BCUT2D eigenvalue weighted by atomic mass is 19.4. The van der Waals surface area contributed by atoms with Gasteiger partial charge in [-0.3, -0.25) is 0 Å². The van der Waals surface area contributed by atoms with Crippen LogP contribution in [0.4, 0.5) is 64.1 Å². The molecule has 0 atom stereocenters. The third-order valence-corrected chi connectivity index (χ3v) is 5.72. The molecule has 208 valence electrons. The second-order valence-corrected chi connectivity index (χ2v) is 8.34. The summed E-state index contributed by atoms with van der Waals surface area (Å²) in [6.45, 7) is 1.95. The number of aliphatic hydroxyl groups is 2. The number of halogens is 12. The molecule has 0 heterocycles. The third kappa shape index (κ3) is 4.87. The minimum atomic E-state index is -6.31. The van der Waals surface area contributed by atoms with Crippen LogP contribution in [0.5, 0.6) is 0 Å². The van der Waals surface area contributed by atoms with Crippen LogP contribution in [0.25, 0.3) is 0 Å². The molecule has 0 aliphatic heterocycles. The largest absolute Gasteiger partial charge is 0.430 e. The highest BCUT2D eigenvalue weighted by Crippen LogP contribution is 2.53. The molecule has 0 bridgehead atoms. The Labute approximate surface area is 200 Å². The Morgan fingerprint density at radius 1 is 0.541 bits per heavy atom. The maximum atomic E-state index is 13.4. The molecule has 16 heteroatoms. The van der Waals surface area contributed by atoms with Gasteiger partial charge in [0.25, 0.3) is 11.2 Å². The minimum Gasteiger partial charge on any atom is -0.398 e. The number of alkyl halides is 12. The Balaban J connectivity index is 2.80. The fourth-order valence-electron chi connectivity index (χ4n) is 3.72.